The largest absolute Gasteiger partial charge is 0.381 e. The van der Waals surface area contributed by atoms with E-state index in [1.807, 2.05) is 0 Å². The summed E-state index contributed by atoms with van der Waals surface area (Å²) in [4.78, 5) is 25.2. The van der Waals surface area contributed by atoms with E-state index in [-0.39, 0.29) is 24.3 Å². The SMILES string of the molecule is O=C1CN(C(=O)C2CCOCC2)CCCN1. The zero-order valence-corrected chi connectivity index (χ0v) is 9.41. The maximum absolute atomic E-state index is 12.1. The van der Waals surface area contributed by atoms with Gasteiger partial charge in [-0.15, -0.1) is 0 Å². The van der Waals surface area contributed by atoms with Crippen molar-refractivity contribution >= 4 is 11.8 Å². The van der Waals surface area contributed by atoms with Crippen LogP contribution in [0.5, 0.6) is 0 Å². The highest BCUT2D eigenvalue weighted by molar-refractivity contribution is 5.86. The number of hydrogen-bond donors (Lipinski definition) is 1. The number of nitrogens with zero attached hydrogens (tertiary/aromatic N) is 1. The molecule has 0 saturated carbocycles. The zero-order chi connectivity index (χ0) is 11.4. The van der Waals surface area contributed by atoms with Gasteiger partial charge in [-0.3, -0.25) is 9.59 Å². The number of carbonyl (C=O) groups is 2. The Morgan fingerprint density at radius 3 is 2.88 bits per heavy atom. The Bertz CT molecular complexity index is 274. The van der Waals surface area contributed by atoms with Crippen molar-refractivity contribution in [2.45, 2.75) is 19.3 Å². The second-order valence-electron chi connectivity index (χ2n) is 4.35. The molecule has 2 saturated heterocycles. The monoisotopic (exact) mass is 226 g/mol. The van der Waals surface area contributed by atoms with Crippen molar-refractivity contribution in [2.75, 3.05) is 32.8 Å². The molecule has 0 atom stereocenters. The summed E-state index contributed by atoms with van der Waals surface area (Å²) in [7, 11) is 0. The predicted molar refractivity (Wildman–Crippen MR) is 57.7 cm³/mol. The second-order valence-corrected chi connectivity index (χ2v) is 4.35. The summed E-state index contributed by atoms with van der Waals surface area (Å²) >= 11 is 0. The fraction of sp³-hybridized carbons (Fsp3) is 0.818. The quantitative estimate of drug-likeness (QED) is 0.671. The van der Waals surface area contributed by atoms with Crippen molar-refractivity contribution in [3.8, 4) is 0 Å². The lowest BCUT2D eigenvalue weighted by Gasteiger charge is -2.27. The number of amides is 2. The maximum atomic E-state index is 12.1. The van der Waals surface area contributed by atoms with Gasteiger partial charge in [0.1, 0.15) is 0 Å². The number of ether oxygens (including phenoxy) is 1. The molecule has 5 heteroatoms. The maximum Gasteiger partial charge on any atom is 0.239 e. The summed E-state index contributed by atoms with van der Waals surface area (Å²) < 4.78 is 5.23. The lowest BCUT2D eigenvalue weighted by Crippen LogP contribution is -2.42. The Morgan fingerprint density at radius 2 is 2.12 bits per heavy atom. The van der Waals surface area contributed by atoms with E-state index >= 15 is 0 Å². The van der Waals surface area contributed by atoms with Gasteiger partial charge in [0.2, 0.25) is 11.8 Å². The molecule has 0 aromatic carbocycles. The molecular weight excluding hydrogens is 208 g/mol. The summed E-state index contributed by atoms with van der Waals surface area (Å²) in [6, 6.07) is 0. The van der Waals surface area contributed by atoms with E-state index in [0.717, 1.165) is 19.3 Å². The Morgan fingerprint density at radius 1 is 1.38 bits per heavy atom. The highest BCUT2D eigenvalue weighted by Gasteiger charge is 2.28. The van der Waals surface area contributed by atoms with Crippen LogP contribution >= 0.6 is 0 Å². The predicted octanol–water partition coefficient (Wildman–Crippen LogP) is -0.238. The molecule has 2 aliphatic heterocycles. The highest BCUT2D eigenvalue weighted by atomic mass is 16.5. The molecule has 0 aromatic heterocycles. The Balaban J connectivity index is 1.93. The molecule has 0 bridgehead atoms. The van der Waals surface area contributed by atoms with Crippen molar-refractivity contribution in [2.24, 2.45) is 5.92 Å². The fourth-order valence-electron chi connectivity index (χ4n) is 2.20. The van der Waals surface area contributed by atoms with Crippen molar-refractivity contribution in [3.05, 3.63) is 0 Å². The third kappa shape index (κ3) is 2.72. The van der Waals surface area contributed by atoms with Crippen molar-refractivity contribution in [1.29, 1.82) is 0 Å². The molecule has 5 nitrogen and oxygen atoms in total. The van der Waals surface area contributed by atoms with Crippen LogP contribution in [-0.2, 0) is 14.3 Å². The van der Waals surface area contributed by atoms with Crippen molar-refractivity contribution in [1.82, 2.24) is 10.2 Å². The average Bonchev–Trinajstić information content (AvgIpc) is 2.54. The molecule has 1 N–H and O–H groups in total. The topological polar surface area (TPSA) is 58.6 Å². The smallest absolute Gasteiger partial charge is 0.239 e. The minimum atomic E-state index is -0.0436. The highest BCUT2D eigenvalue weighted by Crippen LogP contribution is 2.18. The Kier molecular flexibility index (Phi) is 3.77. The number of nitrogens with one attached hydrogen (secondary N) is 1. The van der Waals surface area contributed by atoms with Gasteiger partial charge in [0.15, 0.2) is 0 Å². The summed E-state index contributed by atoms with van der Waals surface area (Å²) in [5.41, 5.74) is 0. The van der Waals surface area contributed by atoms with Crippen LogP contribution in [0.25, 0.3) is 0 Å². The lowest BCUT2D eigenvalue weighted by atomic mass is 9.98. The molecule has 16 heavy (non-hydrogen) atoms. The van der Waals surface area contributed by atoms with Crippen LogP contribution in [0.3, 0.4) is 0 Å². The molecule has 2 fully saturated rings. The molecule has 2 rings (SSSR count). The van der Waals surface area contributed by atoms with Crippen molar-refractivity contribution < 1.29 is 14.3 Å². The van der Waals surface area contributed by atoms with Crippen LogP contribution in [0.2, 0.25) is 0 Å². The number of carbonyl (C=O) groups excluding carboxylic acids is 2. The van der Waals surface area contributed by atoms with E-state index in [9.17, 15) is 9.59 Å². The molecule has 0 unspecified atom stereocenters. The molecule has 0 aromatic rings. The molecular formula is C11H18N2O3. The van der Waals surface area contributed by atoms with Crippen LogP contribution < -0.4 is 5.32 Å². The second kappa shape index (κ2) is 5.30. The zero-order valence-electron chi connectivity index (χ0n) is 9.41. The third-order valence-corrected chi connectivity index (χ3v) is 3.14. The Labute approximate surface area is 95.1 Å². The first kappa shape index (κ1) is 11.4. The summed E-state index contributed by atoms with van der Waals surface area (Å²) in [6.45, 7) is 2.91. The van der Waals surface area contributed by atoms with Gasteiger partial charge in [-0.25, -0.2) is 0 Å². The normalized spacial score (nSPS) is 23.8. The van der Waals surface area contributed by atoms with Gasteiger partial charge in [0.25, 0.3) is 0 Å². The van der Waals surface area contributed by atoms with Gasteiger partial charge in [0.05, 0.1) is 6.54 Å². The van der Waals surface area contributed by atoms with E-state index in [1.54, 1.807) is 4.90 Å². The van der Waals surface area contributed by atoms with Gasteiger partial charge in [-0.2, -0.15) is 0 Å². The first-order valence-corrected chi connectivity index (χ1v) is 5.90. The third-order valence-electron chi connectivity index (χ3n) is 3.14. The number of hydrogen-bond acceptors (Lipinski definition) is 3. The van der Waals surface area contributed by atoms with Gasteiger partial charge < -0.3 is 15.0 Å². The molecule has 0 spiro atoms. The first-order valence-electron chi connectivity index (χ1n) is 5.90. The minimum absolute atomic E-state index is 0.0436. The molecule has 90 valence electrons. The van der Waals surface area contributed by atoms with Gasteiger partial charge in [-0.05, 0) is 19.3 Å². The average molecular weight is 226 g/mol. The molecule has 0 radical (unpaired) electrons. The van der Waals surface area contributed by atoms with E-state index in [1.165, 1.54) is 0 Å². The van der Waals surface area contributed by atoms with Crippen LogP contribution in [0.4, 0.5) is 0 Å². The van der Waals surface area contributed by atoms with Crippen molar-refractivity contribution in [3.63, 3.8) is 0 Å². The first-order chi connectivity index (χ1) is 7.77. The van der Waals surface area contributed by atoms with Gasteiger partial charge >= 0.3 is 0 Å². The van der Waals surface area contributed by atoms with Crippen LogP contribution in [-0.4, -0.2) is 49.6 Å². The summed E-state index contributed by atoms with van der Waals surface area (Å²) in [5.74, 6) is 0.137. The number of rotatable bonds is 1. The van der Waals surface area contributed by atoms with Gasteiger partial charge in [0, 0.05) is 32.2 Å². The van der Waals surface area contributed by atoms with E-state index < -0.39 is 0 Å². The van der Waals surface area contributed by atoms with Gasteiger partial charge in [-0.1, -0.05) is 0 Å². The molecule has 0 aliphatic carbocycles. The summed E-state index contributed by atoms with van der Waals surface area (Å²) in [6.07, 6.45) is 2.43. The Hall–Kier alpha value is -1.10. The van der Waals surface area contributed by atoms with Crippen LogP contribution in [0.1, 0.15) is 19.3 Å². The molecule has 2 heterocycles. The van der Waals surface area contributed by atoms with E-state index in [2.05, 4.69) is 5.32 Å². The standard InChI is InChI=1S/C11H18N2O3/c14-10-8-13(5-1-4-12-10)11(15)9-2-6-16-7-3-9/h9H,1-8H2,(H,12,14). The van der Waals surface area contributed by atoms with E-state index in [4.69, 9.17) is 4.74 Å². The van der Waals surface area contributed by atoms with Crippen LogP contribution in [0.15, 0.2) is 0 Å². The lowest BCUT2D eigenvalue weighted by molar-refractivity contribution is -0.141. The molecule has 2 amide bonds. The van der Waals surface area contributed by atoms with E-state index in [0.29, 0.717) is 26.3 Å². The summed E-state index contributed by atoms with van der Waals surface area (Å²) in [5, 5.41) is 2.77. The minimum Gasteiger partial charge on any atom is -0.381 e. The molecule has 2 aliphatic rings. The van der Waals surface area contributed by atoms with Crippen LogP contribution in [0, 0.1) is 5.92 Å². The fourth-order valence-corrected chi connectivity index (χ4v) is 2.20.